The van der Waals surface area contributed by atoms with Gasteiger partial charge in [0, 0.05) is 21.4 Å². The molecule has 0 aliphatic heterocycles. The van der Waals surface area contributed by atoms with Crippen molar-refractivity contribution >= 4 is 60.8 Å². The molecule has 0 spiro atoms. The van der Waals surface area contributed by atoms with Gasteiger partial charge in [-0.25, -0.2) is 0 Å². The molecular weight excluding hydrogens is 550 g/mol. The van der Waals surface area contributed by atoms with Gasteiger partial charge in [-0.05, 0) is 90.9 Å². The van der Waals surface area contributed by atoms with E-state index in [1.807, 2.05) is 69.3 Å². The number of rotatable bonds is 8. The number of nitrogens with zero attached hydrogens (tertiary/aromatic N) is 2. The first-order valence-corrected chi connectivity index (χ1v) is 14.3. The summed E-state index contributed by atoms with van der Waals surface area (Å²) in [5, 5.41) is 16.6. The second-order valence-electron chi connectivity index (χ2n) is 9.32. The van der Waals surface area contributed by atoms with E-state index >= 15 is 0 Å². The van der Waals surface area contributed by atoms with Crippen LogP contribution < -0.4 is 10.6 Å². The molecule has 0 bridgehead atoms. The molecule has 0 saturated heterocycles. The lowest BCUT2D eigenvalue weighted by Crippen LogP contribution is -1.98. The van der Waals surface area contributed by atoms with Crippen LogP contribution in [0.4, 0.5) is 17.1 Å². The van der Waals surface area contributed by atoms with Crippen molar-refractivity contribution in [3.05, 3.63) is 95.6 Å². The monoisotopic (exact) mass is 575 g/mol. The molecule has 3 N–H and O–H groups in total. The molecular formula is C29H25N3O6S2. The Balaban J connectivity index is 1.48. The molecule has 0 atom stereocenters. The normalized spacial score (nSPS) is 12.0. The zero-order valence-corrected chi connectivity index (χ0v) is 23.4. The van der Waals surface area contributed by atoms with Crippen LogP contribution in [-0.4, -0.2) is 13.0 Å². The van der Waals surface area contributed by atoms with Crippen molar-refractivity contribution < 1.29 is 27.2 Å². The summed E-state index contributed by atoms with van der Waals surface area (Å²) >= 11 is 1.02. The Morgan fingerprint density at radius 1 is 0.775 bits per heavy atom. The molecule has 9 nitrogen and oxygen atoms in total. The molecule has 40 heavy (non-hydrogen) atoms. The molecule has 5 rings (SSSR count). The number of nitrogens with two attached hydrogens (primary N) is 1. The van der Waals surface area contributed by atoms with Crippen LogP contribution in [0.2, 0.25) is 0 Å². The maximum Gasteiger partial charge on any atom is 0.294 e. The maximum atomic E-state index is 11.6. The van der Waals surface area contributed by atoms with Crippen molar-refractivity contribution in [2.75, 3.05) is 5.73 Å². The van der Waals surface area contributed by atoms with Crippen LogP contribution >= 0.6 is 12.0 Å². The van der Waals surface area contributed by atoms with Crippen molar-refractivity contribution in [3.8, 4) is 5.75 Å². The van der Waals surface area contributed by atoms with Gasteiger partial charge in [-0.15, -0.1) is 14.6 Å². The standard InChI is InChI=1S/C29H25N3O6S2/c1-17-4-6-21(7-5-17)39-38-37-36-28-15-19(3)13-20-12-18(2)14-27(29(20)28)32-31-26-11-10-25(30)24-16-22(40(33,34)35)8-9-23(24)26/h4-16H,30H2,1-3H3,(H,33,34,35). The first-order chi connectivity index (χ1) is 19.1. The fraction of sp³-hybridized carbons (Fsp3) is 0.103. The van der Waals surface area contributed by atoms with Crippen molar-refractivity contribution in [1.29, 1.82) is 0 Å². The Labute approximate surface area is 235 Å². The molecule has 0 aromatic heterocycles. The highest BCUT2D eigenvalue weighted by Crippen LogP contribution is 2.39. The first-order valence-electron chi connectivity index (χ1n) is 12.1. The predicted molar refractivity (Wildman–Crippen MR) is 156 cm³/mol. The third kappa shape index (κ3) is 6.09. The second kappa shape index (κ2) is 11.2. The average Bonchev–Trinajstić information content (AvgIpc) is 2.90. The lowest BCUT2D eigenvalue weighted by Gasteiger charge is -2.11. The van der Waals surface area contributed by atoms with Crippen LogP contribution in [0.1, 0.15) is 16.7 Å². The fourth-order valence-corrected chi connectivity index (χ4v) is 5.16. The Bertz CT molecular complexity index is 1870. The fourth-order valence-electron chi connectivity index (χ4n) is 4.27. The lowest BCUT2D eigenvalue weighted by molar-refractivity contribution is -0.403. The smallest absolute Gasteiger partial charge is 0.294 e. The highest BCUT2D eigenvalue weighted by Gasteiger charge is 2.15. The van der Waals surface area contributed by atoms with Gasteiger partial charge in [0.25, 0.3) is 10.1 Å². The van der Waals surface area contributed by atoms with Crippen molar-refractivity contribution in [2.45, 2.75) is 30.6 Å². The molecule has 5 aromatic carbocycles. The van der Waals surface area contributed by atoms with Gasteiger partial charge in [-0.2, -0.15) is 8.42 Å². The van der Waals surface area contributed by atoms with E-state index in [0.29, 0.717) is 39.0 Å². The van der Waals surface area contributed by atoms with Crippen LogP contribution in [0.15, 0.2) is 98.9 Å². The zero-order valence-electron chi connectivity index (χ0n) is 21.8. The number of benzene rings is 5. The van der Waals surface area contributed by atoms with E-state index in [2.05, 4.69) is 10.2 Å². The van der Waals surface area contributed by atoms with Gasteiger partial charge in [0.15, 0.2) is 5.75 Å². The molecule has 0 aliphatic carbocycles. The topological polar surface area (TPSA) is 133 Å². The minimum Gasteiger partial charge on any atom is -0.398 e. The lowest BCUT2D eigenvalue weighted by atomic mass is 10.0. The van der Waals surface area contributed by atoms with Gasteiger partial charge in [-0.3, -0.25) is 4.55 Å². The summed E-state index contributed by atoms with van der Waals surface area (Å²) in [7, 11) is -4.39. The summed E-state index contributed by atoms with van der Waals surface area (Å²) in [5.74, 6) is 0.397. The summed E-state index contributed by atoms with van der Waals surface area (Å²) in [6.07, 6.45) is 0. The van der Waals surface area contributed by atoms with Crippen LogP contribution in [-0.2, 0) is 19.5 Å². The molecule has 5 aromatic rings. The Hall–Kier alpha value is -4.00. The van der Waals surface area contributed by atoms with Gasteiger partial charge in [-0.1, -0.05) is 35.9 Å². The summed E-state index contributed by atoms with van der Waals surface area (Å²) in [6, 6.07) is 22.9. The molecule has 0 heterocycles. The summed E-state index contributed by atoms with van der Waals surface area (Å²) in [5.41, 5.74) is 10.5. The number of nitrogen functional groups attached to an aromatic ring is 1. The van der Waals surface area contributed by atoms with Crippen molar-refractivity contribution in [3.63, 3.8) is 0 Å². The van der Waals surface area contributed by atoms with E-state index in [-0.39, 0.29) is 4.90 Å². The van der Waals surface area contributed by atoms with Crippen LogP contribution in [0.3, 0.4) is 0 Å². The third-order valence-corrected chi connectivity index (χ3v) is 7.58. The number of aryl methyl sites for hydroxylation is 3. The Morgan fingerprint density at radius 3 is 2.20 bits per heavy atom. The number of azo groups is 1. The summed E-state index contributed by atoms with van der Waals surface area (Å²) in [6.45, 7) is 5.90. The molecule has 0 aliphatic rings. The highest BCUT2D eigenvalue weighted by atomic mass is 32.2. The summed E-state index contributed by atoms with van der Waals surface area (Å²) < 4.78 is 37.9. The molecule has 0 unspecified atom stereocenters. The van der Waals surface area contributed by atoms with Crippen molar-refractivity contribution in [1.82, 2.24) is 0 Å². The number of fused-ring (bicyclic) bond motifs is 2. The Kier molecular flexibility index (Phi) is 7.74. The number of anilines is 1. The van der Waals surface area contributed by atoms with E-state index in [4.69, 9.17) is 20.0 Å². The molecule has 0 radical (unpaired) electrons. The van der Waals surface area contributed by atoms with E-state index in [0.717, 1.165) is 39.0 Å². The van der Waals surface area contributed by atoms with E-state index in [1.54, 1.807) is 12.1 Å². The Morgan fingerprint density at radius 2 is 1.48 bits per heavy atom. The first kappa shape index (κ1) is 27.6. The van der Waals surface area contributed by atoms with Gasteiger partial charge < -0.3 is 10.6 Å². The third-order valence-electron chi connectivity index (χ3n) is 6.15. The molecule has 0 amide bonds. The summed E-state index contributed by atoms with van der Waals surface area (Å²) in [4.78, 5) is 6.16. The van der Waals surface area contributed by atoms with E-state index < -0.39 is 10.1 Å². The predicted octanol–water partition coefficient (Wildman–Crippen LogP) is 8.11. The van der Waals surface area contributed by atoms with Crippen LogP contribution in [0.5, 0.6) is 5.75 Å². The molecule has 11 heteroatoms. The quantitative estimate of drug-likeness (QED) is 0.0360. The minimum atomic E-state index is -4.39. The second-order valence-corrected chi connectivity index (χ2v) is 11.5. The van der Waals surface area contributed by atoms with Crippen LogP contribution in [0.25, 0.3) is 21.5 Å². The maximum absolute atomic E-state index is 11.6. The van der Waals surface area contributed by atoms with Gasteiger partial charge in [0.05, 0.1) is 33.7 Å². The van der Waals surface area contributed by atoms with Gasteiger partial charge >= 0.3 is 0 Å². The number of hydrogen-bond donors (Lipinski definition) is 2. The molecule has 0 fully saturated rings. The number of hydrogen-bond acceptors (Lipinski definition) is 9. The minimum absolute atomic E-state index is 0.259. The van der Waals surface area contributed by atoms with Gasteiger partial charge in [0.2, 0.25) is 0 Å². The highest BCUT2D eigenvalue weighted by molar-refractivity contribution is 7.94. The van der Waals surface area contributed by atoms with Gasteiger partial charge in [0.1, 0.15) is 0 Å². The van der Waals surface area contributed by atoms with Crippen LogP contribution in [0, 0.1) is 20.8 Å². The van der Waals surface area contributed by atoms with E-state index in [1.165, 1.54) is 18.2 Å². The van der Waals surface area contributed by atoms with Crippen molar-refractivity contribution in [2.24, 2.45) is 10.2 Å². The molecule has 204 valence electrons. The molecule has 0 saturated carbocycles. The average molecular weight is 576 g/mol. The zero-order chi connectivity index (χ0) is 28.4. The largest absolute Gasteiger partial charge is 0.398 e. The van der Waals surface area contributed by atoms with E-state index in [9.17, 15) is 13.0 Å². The SMILES string of the molecule is Cc1ccc(SOOOc2cc(C)cc3cc(C)cc(N=Nc4ccc(N)c5cc(S(=O)(=O)O)ccc45)c23)cc1.